The first-order valence-corrected chi connectivity index (χ1v) is 9.04. The fraction of sp³-hybridized carbons (Fsp3) is 0.235. The minimum absolute atomic E-state index is 0.0255. The highest BCUT2D eigenvalue weighted by Gasteiger charge is 2.11. The van der Waals surface area contributed by atoms with Crippen LogP contribution in [0.3, 0.4) is 0 Å². The Morgan fingerprint density at radius 3 is 2.87 bits per heavy atom. The first kappa shape index (κ1) is 16.0. The third-order valence-corrected chi connectivity index (χ3v) is 5.39. The Labute approximate surface area is 143 Å². The number of hydrogen-bond donors (Lipinski definition) is 1. The van der Waals surface area contributed by atoms with Gasteiger partial charge in [0.2, 0.25) is 5.91 Å². The van der Waals surface area contributed by atoms with Crippen molar-refractivity contribution in [2.24, 2.45) is 0 Å². The first-order chi connectivity index (χ1) is 11.0. The number of carbonyl (C=O) groups is 1. The van der Waals surface area contributed by atoms with Gasteiger partial charge in [-0.15, -0.1) is 11.3 Å². The van der Waals surface area contributed by atoms with Crippen LogP contribution in [0.15, 0.2) is 35.6 Å². The predicted octanol–water partition coefficient (Wildman–Crippen LogP) is 4.35. The Morgan fingerprint density at radius 2 is 2.04 bits per heavy atom. The van der Waals surface area contributed by atoms with Crippen molar-refractivity contribution in [2.75, 3.05) is 11.1 Å². The van der Waals surface area contributed by atoms with E-state index < -0.39 is 0 Å². The Balaban J connectivity index is 1.70. The van der Waals surface area contributed by atoms with Crippen LogP contribution in [0.25, 0.3) is 10.2 Å². The molecule has 0 aliphatic heterocycles. The average Bonchev–Trinajstić information content (AvgIpc) is 2.89. The van der Waals surface area contributed by atoms with Crippen molar-refractivity contribution in [1.29, 1.82) is 0 Å². The molecule has 1 amide bonds. The topological polar surface area (TPSA) is 54.9 Å². The van der Waals surface area contributed by atoms with Gasteiger partial charge in [0.15, 0.2) is 0 Å². The number of amides is 1. The summed E-state index contributed by atoms with van der Waals surface area (Å²) >= 11 is 3.09. The average molecular weight is 343 g/mol. The van der Waals surface area contributed by atoms with E-state index in [-0.39, 0.29) is 5.91 Å². The molecule has 0 saturated heterocycles. The smallest absolute Gasteiger partial charge is 0.234 e. The summed E-state index contributed by atoms with van der Waals surface area (Å²) in [7, 11) is 0. The fourth-order valence-electron chi connectivity index (χ4n) is 2.26. The number of thiophene rings is 1. The van der Waals surface area contributed by atoms with E-state index in [9.17, 15) is 4.79 Å². The van der Waals surface area contributed by atoms with Crippen LogP contribution in [-0.4, -0.2) is 21.6 Å². The quantitative estimate of drug-likeness (QED) is 0.565. The second kappa shape index (κ2) is 6.68. The molecule has 3 rings (SSSR count). The molecule has 3 aromatic rings. The molecule has 0 spiro atoms. The molecule has 0 fully saturated rings. The van der Waals surface area contributed by atoms with Crippen LogP contribution in [0.4, 0.5) is 5.69 Å². The minimum atomic E-state index is -0.0255. The maximum Gasteiger partial charge on any atom is 0.234 e. The van der Waals surface area contributed by atoms with E-state index in [1.807, 2.05) is 39.0 Å². The van der Waals surface area contributed by atoms with Gasteiger partial charge in [0.25, 0.3) is 0 Å². The van der Waals surface area contributed by atoms with Crippen LogP contribution in [0.1, 0.15) is 16.0 Å². The van der Waals surface area contributed by atoms with E-state index in [0.29, 0.717) is 5.75 Å². The number of carbonyl (C=O) groups excluding carboxylic acids is 1. The Hall–Kier alpha value is -1.92. The van der Waals surface area contributed by atoms with Crippen molar-refractivity contribution in [1.82, 2.24) is 9.97 Å². The van der Waals surface area contributed by atoms with E-state index >= 15 is 0 Å². The lowest BCUT2D eigenvalue weighted by Gasteiger charge is -2.09. The lowest BCUT2D eigenvalue weighted by molar-refractivity contribution is -0.113. The summed E-state index contributed by atoms with van der Waals surface area (Å²) in [6.45, 7) is 6.05. The second-order valence-electron chi connectivity index (χ2n) is 5.41. The van der Waals surface area contributed by atoms with Crippen LogP contribution < -0.4 is 5.32 Å². The van der Waals surface area contributed by atoms with Gasteiger partial charge in [0.05, 0.1) is 5.75 Å². The van der Waals surface area contributed by atoms with Crippen molar-refractivity contribution >= 4 is 44.9 Å². The number of aromatic nitrogens is 2. The Kier molecular flexibility index (Phi) is 4.63. The van der Waals surface area contributed by atoms with E-state index in [1.165, 1.54) is 16.6 Å². The molecule has 0 aliphatic carbocycles. The maximum atomic E-state index is 12.2. The summed E-state index contributed by atoms with van der Waals surface area (Å²) in [5, 5.41) is 4.86. The Morgan fingerprint density at radius 1 is 1.22 bits per heavy atom. The molecule has 0 bridgehead atoms. The lowest BCUT2D eigenvalue weighted by Crippen LogP contribution is -2.15. The van der Waals surface area contributed by atoms with Crippen LogP contribution in [0, 0.1) is 20.8 Å². The molecular formula is C17H17N3OS2. The predicted molar refractivity (Wildman–Crippen MR) is 97.4 cm³/mol. The molecule has 23 heavy (non-hydrogen) atoms. The number of anilines is 1. The van der Waals surface area contributed by atoms with Gasteiger partial charge in [-0.25, -0.2) is 9.97 Å². The van der Waals surface area contributed by atoms with E-state index in [0.717, 1.165) is 32.1 Å². The maximum absolute atomic E-state index is 12.2. The summed E-state index contributed by atoms with van der Waals surface area (Å²) < 4.78 is 0. The van der Waals surface area contributed by atoms with Crippen LogP contribution in [0.5, 0.6) is 0 Å². The zero-order chi connectivity index (χ0) is 16.4. The third kappa shape index (κ3) is 3.71. The molecular weight excluding hydrogens is 326 g/mol. The number of aryl methyl sites for hydroxylation is 3. The van der Waals surface area contributed by atoms with Gasteiger partial charge < -0.3 is 5.32 Å². The summed E-state index contributed by atoms with van der Waals surface area (Å²) in [6.07, 6.45) is 1.56. The molecule has 2 heterocycles. The highest BCUT2D eigenvalue weighted by Crippen LogP contribution is 2.30. The molecule has 4 nitrogen and oxygen atoms in total. The van der Waals surface area contributed by atoms with Crippen molar-refractivity contribution < 1.29 is 4.79 Å². The largest absolute Gasteiger partial charge is 0.325 e. The van der Waals surface area contributed by atoms with E-state index in [1.54, 1.807) is 17.7 Å². The number of benzene rings is 1. The zero-order valence-corrected chi connectivity index (χ0v) is 14.8. The van der Waals surface area contributed by atoms with Gasteiger partial charge in [-0.3, -0.25) is 4.79 Å². The molecule has 1 aromatic carbocycles. The number of thioether (sulfide) groups is 1. The fourth-order valence-corrected chi connectivity index (χ4v) is 3.94. The molecule has 0 radical (unpaired) electrons. The van der Waals surface area contributed by atoms with Gasteiger partial charge in [0, 0.05) is 16.0 Å². The Bertz CT molecular complexity index is 873. The molecule has 6 heteroatoms. The molecule has 2 aromatic heterocycles. The molecule has 0 saturated carbocycles. The molecule has 0 atom stereocenters. The molecule has 118 valence electrons. The first-order valence-electron chi connectivity index (χ1n) is 7.24. The number of nitrogens with zero attached hydrogens (tertiary/aromatic N) is 2. The minimum Gasteiger partial charge on any atom is -0.325 e. The van der Waals surface area contributed by atoms with Crippen LogP contribution in [0.2, 0.25) is 0 Å². The molecule has 1 N–H and O–H groups in total. The molecule has 0 aliphatic rings. The number of rotatable bonds is 4. The normalized spacial score (nSPS) is 10.9. The van der Waals surface area contributed by atoms with Crippen LogP contribution in [-0.2, 0) is 4.79 Å². The third-order valence-electron chi connectivity index (χ3n) is 3.42. The van der Waals surface area contributed by atoms with Gasteiger partial charge >= 0.3 is 0 Å². The number of fused-ring (bicyclic) bond motifs is 1. The summed E-state index contributed by atoms with van der Waals surface area (Å²) in [6, 6.07) is 8.12. The molecule has 0 unspecified atom stereocenters. The second-order valence-corrected chi connectivity index (χ2v) is 7.61. The monoisotopic (exact) mass is 343 g/mol. The van der Waals surface area contributed by atoms with Crippen LogP contribution >= 0.6 is 23.1 Å². The van der Waals surface area contributed by atoms with E-state index in [4.69, 9.17) is 0 Å². The van der Waals surface area contributed by atoms with Crippen molar-refractivity contribution in [3.8, 4) is 0 Å². The number of hydrogen-bond acceptors (Lipinski definition) is 5. The highest BCUT2D eigenvalue weighted by molar-refractivity contribution is 8.00. The standard InChI is InChI=1S/C17H17N3OS2/c1-10-4-5-11(2)14(6-10)20-15(21)8-22-16-13-7-12(3)23-17(13)19-9-18-16/h4-7,9H,8H2,1-3H3,(H,20,21). The van der Waals surface area contributed by atoms with E-state index in [2.05, 4.69) is 21.4 Å². The van der Waals surface area contributed by atoms with Gasteiger partial charge in [0.1, 0.15) is 16.2 Å². The van der Waals surface area contributed by atoms with Gasteiger partial charge in [-0.2, -0.15) is 0 Å². The lowest BCUT2D eigenvalue weighted by atomic mass is 10.1. The summed E-state index contributed by atoms with van der Waals surface area (Å²) in [5.41, 5.74) is 3.06. The van der Waals surface area contributed by atoms with Crippen molar-refractivity contribution in [3.63, 3.8) is 0 Å². The summed E-state index contributed by atoms with van der Waals surface area (Å²) in [5.74, 6) is 0.302. The van der Waals surface area contributed by atoms with Gasteiger partial charge in [-0.1, -0.05) is 23.9 Å². The zero-order valence-electron chi connectivity index (χ0n) is 13.2. The highest BCUT2D eigenvalue weighted by atomic mass is 32.2. The summed E-state index contributed by atoms with van der Waals surface area (Å²) in [4.78, 5) is 23.0. The number of nitrogens with one attached hydrogen (secondary N) is 1. The SMILES string of the molecule is Cc1ccc(C)c(NC(=O)CSc2ncnc3sc(C)cc23)c1. The van der Waals surface area contributed by atoms with Crippen molar-refractivity contribution in [2.45, 2.75) is 25.8 Å². The van der Waals surface area contributed by atoms with Crippen molar-refractivity contribution in [3.05, 3.63) is 46.6 Å². The van der Waals surface area contributed by atoms with Gasteiger partial charge in [-0.05, 0) is 44.0 Å².